The van der Waals surface area contributed by atoms with Gasteiger partial charge in [0.15, 0.2) is 0 Å². The molecule has 4 heteroatoms. The molecule has 2 rings (SSSR count). The molecule has 1 aliphatic rings. The maximum atomic E-state index is 11.5. The fourth-order valence-electron chi connectivity index (χ4n) is 2.06. The highest BCUT2D eigenvalue weighted by molar-refractivity contribution is 5.74. The molecule has 0 spiro atoms. The third-order valence-electron chi connectivity index (χ3n) is 2.95. The van der Waals surface area contributed by atoms with Gasteiger partial charge in [-0.25, -0.2) is 4.79 Å². The minimum atomic E-state index is -0.132. The van der Waals surface area contributed by atoms with E-state index in [4.69, 9.17) is 4.74 Å². The van der Waals surface area contributed by atoms with E-state index in [1.807, 2.05) is 26.0 Å². The molecule has 18 heavy (non-hydrogen) atoms. The maximum Gasteiger partial charge on any atom is 0.315 e. The van der Waals surface area contributed by atoms with Crippen LogP contribution < -0.4 is 10.6 Å². The molecule has 1 unspecified atom stereocenters. The van der Waals surface area contributed by atoms with Crippen molar-refractivity contribution in [2.24, 2.45) is 0 Å². The number of nitrogens with one attached hydrogen (secondary N) is 2. The van der Waals surface area contributed by atoms with Gasteiger partial charge in [0, 0.05) is 19.0 Å². The monoisotopic (exact) mass is 248 g/mol. The van der Waals surface area contributed by atoms with Crippen molar-refractivity contribution in [1.82, 2.24) is 10.6 Å². The Morgan fingerprint density at radius 3 is 2.83 bits per heavy atom. The molecule has 1 atom stereocenters. The summed E-state index contributed by atoms with van der Waals surface area (Å²) in [6.45, 7) is 5.06. The Bertz CT molecular complexity index is 418. The first-order chi connectivity index (χ1) is 8.65. The molecule has 1 aromatic rings. The number of carbonyl (C=O) groups excluding carboxylic acids is 1. The molecule has 2 N–H and O–H groups in total. The first-order valence-corrected chi connectivity index (χ1v) is 6.38. The first-order valence-electron chi connectivity index (χ1n) is 6.38. The highest BCUT2D eigenvalue weighted by Crippen LogP contribution is 2.19. The van der Waals surface area contributed by atoms with Gasteiger partial charge in [-0.15, -0.1) is 0 Å². The summed E-state index contributed by atoms with van der Waals surface area (Å²) in [5.41, 5.74) is 2.57. The van der Waals surface area contributed by atoms with Crippen molar-refractivity contribution in [1.29, 1.82) is 0 Å². The molecular formula is C14H20N2O2. The quantitative estimate of drug-likeness (QED) is 0.857. The van der Waals surface area contributed by atoms with Gasteiger partial charge in [-0.2, -0.15) is 0 Å². The summed E-state index contributed by atoms with van der Waals surface area (Å²) in [5, 5.41) is 5.64. The van der Waals surface area contributed by atoms with E-state index in [-0.39, 0.29) is 18.2 Å². The molecule has 1 heterocycles. The lowest BCUT2D eigenvalue weighted by Crippen LogP contribution is -2.44. The van der Waals surface area contributed by atoms with E-state index in [0.29, 0.717) is 13.2 Å². The van der Waals surface area contributed by atoms with Crippen LogP contribution in [0.15, 0.2) is 24.3 Å². The molecular weight excluding hydrogens is 228 g/mol. The number of rotatable bonds is 3. The predicted octanol–water partition coefficient (Wildman–Crippen LogP) is 1.84. The molecule has 1 aliphatic heterocycles. The van der Waals surface area contributed by atoms with Gasteiger partial charge in [0.2, 0.25) is 0 Å². The zero-order valence-electron chi connectivity index (χ0n) is 10.9. The van der Waals surface area contributed by atoms with Crippen molar-refractivity contribution in [2.75, 3.05) is 6.54 Å². The molecule has 0 aliphatic carbocycles. The number of carbonyl (C=O) groups is 1. The van der Waals surface area contributed by atoms with E-state index in [1.165, 1.54) is 11.1 Å². The summed E-state index contributed by atoms with van der Waals surface area (Å²) in [7, 11) is 0. The number of hydrogen-bond acceptors (Lipinski definition) is 2. The Labute approximate surface area is 108 Å². The third kappa shape index (κ3) is 3.47. The number of urea groups is 1. The van der Waals surface area contributed by atoms with Crippen molar-refractivity contribution in [3.05, 3.63) is 35.4 Å². The molecule has 4 nitrogen and oxygen atoms in total. The summed E-state index contributed by atoms with van der Waals surface area (Å²) >= 11 is 0. The fourth-order valence-corrected chi connectivity index (χ4v) is 2.06. The van der Waals surface area contributed by atoms with Gasteiger partial charge in [-0.1, -0.05) is 24.3 Å². The molecule has 98 valence electrons. The largest absolute Gasteiger partial charge is 0.371 e. The topological polar surface area (TPSA) is 50.4 Å². The summed E-state index contributed by atoms with van der Waals surface area (Å²) in [4.78, 5) is 11.5. The Hall–Kier alpha value is -1.55. The van der Waals surface area contributed by atoms with Gasteiger partial charge in [-0.3, -0.25) is 0 Å². The normalized spacial score (nSPS) is 18.3. The lowest BCUT2D eigenvalue weighted by Gasteiger charge is -2.25. The number of ether oxygens (including phenoxy) is 1. The molecule has 0 bridgehead atoms. The van der Waals surface area contributed by atoms with Gasteiger partial charge >= 0.3 is 6.03 Å². The van der Waals surface area contributed by atoms with Gasteiger partial charge in [0.05, 0.1) is 12.7 Å². The second kappa shape index (κ2) is 5.87. The first kappa shape index (κ1) is 12.9. The second-order valence-electron chi connectivity index (χ2n) is 4.91. The summed E-state index contributed by atoms with van der Waals surface area (Å²) < 4.78 is 5.72. The van der Waals surface area contributed by atoms with Crippen LogP contribution >= 0.6 is 0 Å². The Balaban J connectivity index is 1.81. The van der Waals surface area contributed by atoms with Crippen LogP contribution in [0.2, 0.25) is 0 Å². The van der Waals surface area contributed by atoms with Crippen molar-refractivity contribution >= 4 is 6.03 Å². The van der Waals surface area contributed by atoms with Crippen LogP contribution in [0.1, 0.15) is 25.0 Å². The van der Waals surface area contributed by atoms with Crippen LogP contribution in [0, 0.1) is 0 Å². The van der Waals surface area contributed by atoms with Crippen molar-refractivity contribution in [2.45, 2.75) is 39.0 Å². The Kier molecular flexibility index (Phi) is 4.20. The zero-order valence-corrected chi connectivity index (χ0v) is 10.9. The van der Waals surface area contributed by atoms with Crippen molar-refractivity contribution < 1.29 is 9.53 Å². The van der Waals surface area contributed by atoms with Crippen LogP contribution in [0.5, 0.6) is 0 Å². The smallest absolute Gasteiger partial charge is 0.315 e. The van der Waals surface area contributed by atoms with Crippen LogP contribution in [0.25, 0.3) is 0 Å². The SMILES string of the molecule is CC(C)NC(=O)NCC1Cc2ccccc2CO1. The standard InChI is InChI=1S/C14H20N2O2/c1-10(2)16-14(17)15-8-13-7-11-5-3-4-6-12(11)9-18-13/h3-6,10,13H,7-9H2,1-2H3,(H2,15,16,17). The molecule has 0 radical (unpaired) electrons. The van der Waals surface area contributed by atoms with E-state index < -0.39 is 0 Å². The molecule has 2 amide bonds. The molecule has 0 saturated carbocycles. The predicted molar refractivity (Wildman–Crippen MR) is 70.4 cm³/mol. The molecule has 0 aromatic heterocycles. The Morgan fingerprint density at radius 2 is 2.11 bits per heavy atom. The fraction of sp³-hybridized carbons (Fsp3) is 0.500. The zero-order chi connectivity index (χ0) is 13.0. The minimum Gasteiger partial charge on any atom is -0.371 e. The average Bonchev–Trinajstić information content (AvgIpc) is 2.35. The number of amides is 2. The second-order valence-corrected chi connectivity index (χ2v) is 4.91. The van der Waals surface area contributed by atoms with Crippen molar-refractivity contribution in [3.8, 4) is 0 Å². The van der Waals surface area contributed by atoms with E-state index >= 15 is 0 Å². The van der Waals surface area contributed by atoms with Gasteiger partial charge in [0.25, 0.3) is 0 Å². The molecule has 0 fully saturated rings. The van der Waals surface area contributed by atoms with Crippen LogP contribution in [0.4, 0.5) is 4.79 Å². The minimum absolute atomic E-state index is 0.0674. The van der Waals surface area contributed by atoms with Crippen LogP contribution in [0.3, 0.4) is 0 Å². The van der Waals surface area contributed by atoms with Crippen LogP contribution in [-0.4, -0.2) is 24.7 Å². The third-order valence-corrected chi connectivity index (χ3v) is 2.95. The molecule has 0 saturated heterocycles. The lowest BCUT2D eigenvalue weighted by atomic mass is 9.99. The highest BCUT2D eigenvalue weighted by atomic mass is 16.5. The maximum absolute atomic E-state index is 11.5. The highest BCUT2D eigenvalue weighted by Gasteiger charge is 2.19. The van der Waals surface area contributed by atoms with Crippen LogP contribution in [-0.2, 0) is 17.8 Å². The lowest BCUT2D eigenvalue weighted by molar-refractivity contribution is 0.0305. The number of benzene rings is 1. The summed E-state index contributed by atoms with van der Waals surface area (Å²) in [6, 6.07) is 8.30. The van der Waals surface area contributed by atoms with Crippen molar-refractivity contribution in [3.63, 3.8) is 0 Å². The average molecular weight is 248 g/mol. The number of fused-ring (bicyclic) bond motifs is 1. The van der Waals surface area contributed by atoms with E-state index in [1.54, 1.807) is 0 Å². The summed E-state index contributed by atoms with van der Waals surface area (Å²) in [5.74, 6) is 0. The van der Waals surface area contributed by atoms with E-state index in [0.717, 1.165) is 6.42 Å². The Morgan fingerprint density at radius 1 is 1.39 bits per heavy atom. The van der Waals surface area contributed by atoms with E-state index in [9.17, 15) is 4.79 Å². The molecule has 1 aromatic carbocycles. The van der Waals surface area contributed by atoms with Gasteiger partial charge in [-0.05, 0) is 25.0 Å². The van der Waals surface area contributed by atoms with E-state index in [2.05, 4.69) is 22.8 Å². The number of hydrogen-bond donors (Lipinski definition) is 2. The van der Waals surface area contributed by atoms with Gasteiger partial charge < -0.3 is 15.4 Å². The van der Waals surface area contributed by atoms with Gasteiger partial charge in [0.1, 0.15) is 0 Å². The summed E-state index contributed by atoms with van der Waals surface area (Å²) in [6.07, 6.45) is 0.927.